The molecule has 0 aromatic heterocycles. The van der Waals surface area contributed by atoms with Gasteiger partial charge in [-0.05, 0) is 31.6 Å². The molecular formula is C22H35NO4. The maximum absolute atomic E-state index is 12.1. The van der Waals surface area contributed by atoms with Gasteiger partial charge in [0.2, 0.25) is 5.91 Å². The molecule has 27 heavy (non-hydrogen) atoms. The van der Waals surface area contributed by atoms with Gasteiger partial charge in [0.15, 0.2) is 0 Å². The predicted octanol–water partition coefficient (Wildman–Crippen LogP) is 3.76. The summed E-state index contributed by atoms with van der Waals surface area (Å²) in [7, 11) is 0. The maximum Gasteiger partial charge on any atom is 0.303 e. The van der Waals surface area contributed by atoms with E-state index in [1.54, 1.807) is 0 Å². The number of hydrogen-bond acceptors (Lipinski definition) is 3. The normalized spacial score (nSPS) is 19.1. The fraction of sp³-hybridized carbons (Fsp3) is 0.727. The summed E-state index contributed by atoms with van der Waals surface area (Å²) in [6.45, 7) is 4.78. The number of carbonyl (C=O) groups is 2. The Bertz CT molecular complexity index is 546. The van der Waals surface area contributed by atoms with Gasteiger partial charge in [-0.2, -0.15) is 0 Å². The van der Waals surface area contributed by atoms with Gasteiger partial charge in [0.25, 0.3) is 0 Å². The van der Waals surface area contributed by atoms with E-state index >= 15 is 0 Å². The number of rotatable bonds is 12. The fourth-order valence-corrected chi connectivity index (χ4v) is 3.39. The van der Waals surface area contributed by atoms with Crippen molar-refractivity contribution in [3.63, 3.8) is 0 Å². The van der Waals surface area contributed by atoms with Crippen molar-refractivity contribution in [2.75, 3.05) is 6.54 Å². The molecule has 1 fully saturated rings. The van der Waals surface area contributed by atoms with Gasteiger partial charge in [0.05, 0.1) is 12.1 Å². The van der Waals surface area contributed by atoms with Gasteiger partial charge in [-0.3, -0.25) is 9.59 Å². The first-order valence-corrected chi connectivity index (χ1v) is 10.3. The van der Waals surface area contributed by atoms with Gasteiger partial charge in [0, 0.05) is 32.2 Å². The number of nitrogens with zero attached hydrogens (tertiary/aromatic N) is 1. The first-order valence-electron chi connectivity index (χ1n) is 10.3. The number of aliphatic carboxylic acids is 1. The largest absolute Gasteiger partial charge is 0.481 e. The van der Waals surface area contributed by atoms with E-state index in [1.165, 1.54) is 0 Å². The lowest BCUT2D eigenvalue weighted by atomic mass is 9.95. The Morgan fingerprint density at radius 3 is 2.67 bits per heavy atom. The number of likely N-dealkylation sites (tertiary alicyclic amines) is 1. The van der Waals surface area contributed by atoms with E-state index in [9.17, 15) is 14.7 Å². The third-order valence-corrected chi connectivity index (χ3v) is 5.12. The van der Waals surface area contributed by atoms with E-state index in [-0.39, 0.29) is 24.3 Å². The van der Waals surface area contributed by atoms with Crippen LogP contribution in [-0.4, -0.2) is 45.7 Å². The molecule has 2 unspecified atom stereocenters. The minimum atomic E-state index is -0.750. The van der Waals surface area contributed by atoms with Crippen LogP contribution in [0.25, 0.3) is 0 Å². The highest BCUT2D eigenvalue weighted by molar-refractivity contribution is 5.79. The zero-order valence-corrected chi connectivity index (χ0v) is 16.8. The van der Waals surface area contributed by atoms with E-state index in [1.807, 2.05) is 24.0 Å². The quantitative estimate of drug-likeness (QED) is 0.308. The summed E-state index contributed by atoms with van der Waals surface area (Å²) in [5.41, 5.74) is 0. The zero-order chi connectivity index (χ0) is 20.1. The molecule has 1 saturated heterocycles. The van der Waals surface area contributed by atoms with Crippen LogP contribution in [0.3, 0.4) is 0 Å². The molecule has 0 aliphatic carbocycles. The SMILES string of the molecule is CCC#CCC(CC)C(O)/C=C/[C@H]1CCC(=O)N1CCCCCCC(=O)O. The van der Waals surface area contributed by atoms with Gasteiger partial charge < -0.3 is 15.1 Å². The summed E-state index contributed by atoms with van der Waals surface area (Å²) in [4.78, 5) is 24.5. The molecule has 1 aliphatic rings. The van der Waals surface area contributed by atoms with Crippen molar-refractivity contribution in [1.29, 1.82) is 0 Å². The standard InChI is InChI=1S/C22H35NO4/c1-3-5-8-11-18(4-2)20(24)15-13-19-14-16-21(25)23(19)17-10-7-6-9-12-22(26)27/h13,15,18-20,24H,3-4,6-7,9-12,14,16-17H2,1-2H3,(H,26,27)/b15-13+/t18?,19-,20?/m0/s1. The average molecular weight is 378 g/mol. The molecule has 0 saturated carbocycles. The smallest absolute Gasteiger partial charge is 0.303 e. The van der Waals surface area contributed by atoms with Crippen LogP contribution in [0.2, 0.25) is 0 Å². The summed E-state index contributed by atoms with van der Waals surface area (Å²) >= 11 is 0. The van der Waals surface area contributed by atoms with Gasteiger partial charge in [0.1, 0.15) is 0 Å². The van der Waals surface area contributed by atoms with Crippen LogP contribution in [0.15, 0.2) is 12.2 Å². The number of aliphatic hydroxyl groups excluding tert-OH is 1. The Balaban J connectivity index is 2.45. The van der Waals surface area contributed by atoms with Crippen molar-refractivity contribution < 1.29 is 19.8 Å². The molecule has 2 N–H and O–H groups in total. The van der Waals surface area contributed by atoms with E-state index in [2.05, 4.69) is 18.8 Å². The molecule has 5 nitrogen and oxygen atoms in total. The molecule has 0 aromatic carbocycles. The number of carboxylic acid groups (broad SMARTS) is 1. The number of carbonyl (C=O) groups excluding carboxylic acids is 1. The second-order valence-electron chi connectivity index (χ2n) is 7.21. The average Bonchev–Trinajstić information content (AvgIpc) is 2.99. The van der Waals surface area contributed by atoms with Crippen LogP contribution >= 0.6 is 0 Å². The molecule has 0 spiro atoms. The molecular weight excluding hydrogens is 342 g/mol. The lowest BCUT2D eigenvalue weighted by molar-refractivity contribution is -0.137. The van der Waals surface area contributed by atoms with Crippen molar-refractivity contribution in [1.82, 2.24) is 4.90 Å². The van der Waals surface area contributed by atoms with Crippen LogP contribution in [-0.2, 0) is 9.59 Å². The number of carboxylic acids is 1. The van der Waals surface area contributed by atoms with Crippen molar-refractivity contribution in [3.05, 3.63) is 12.2 Å². The molecule has 5 heteroatoms. The topological polar surface area (TPSA) is 77.8 Å². The Morgan fingerprint density at radius 1 is 1.26 bits per heavy atom. The fourth-order valence-electron chi connectivity index (χ4n) is 3.39. The van der Waals surface area contributed by atoms with Crippen molar-refractivity contribution in [2.24, 2.45) is 5.92 Å². The van der Waals surface area contributed by atoms with Crippen molar-refractivity contribution >= 4 is 11.9 Å². The molecule has 3 atom stereocenters. The summed E-state index contributed by atoms with van der Waals surface area (Å²) in [5.74, 6) is 5.71. The Labute approximate surface area is 163 Å². The lowest BCUT2D eigenvalue weighted by Crippen LogP contribution is -2.33. The van der Waals surface area contributed by atoms with Gasteiger partial charge in [-0.1, -0.05) is 38.8 Å². The highest BCUT2D eigenvalue weighted by Crippen LogP contribution is 2.22. The molecule has 1 aliphatic heterocycles. The van der Waals surface area contributed by atoms with Crippen LogP contribution < -0.4 is 0 Å². The third kappa shape index (κ3) is 9.10. The minimum absolute atomic E-state index is 0.0606. The maximum atomic E-state index is 12.1. The monoisotopic (exact) mass is 377 g/mol. The second kappa shape index (κ2) is 13.4. The van der Waals surface area contributed by atoms with Crippen LogP contribution in [0.5, 0.6) is 0 Å². The van der Waals surface area contributed by atoms with E-state index in [4.69, 9.17) is 5.11 Å². The highest BCUT2D eigenvalue weighted by atomic mass is 16.4. The second-order valence-corrected chi connectivity index (χ2v) is 7.21. The summed E-state index contributed by atoms with van der Waals surface area (Å²) in [6.07, 6.45) is 10.7. The van der Waals surface area contributed by atoms with Gasteiger partial charge in [-0.15, -0.1) is 11.8 Å². The molecule has 152 valence electrons. The lowest BCUT2D eigenvalue weighted by Gasteiger charge is -2.23. The molecule has 0 bridgehead atoms. The van der Waals surface area contributed by atoms with Gasteiger partial charge in [-0.25, -0.2) is 0 Å². The van der Waals surface area contributed by atoms with Crippen LogP contribution in [0.4, 0.5) is 0 Å². The Kier molecular flexibility index (Phi) is 11.5. The number of hydrogen-bond donors (Lipinski definition) is 2. The van der Waals surface area contributed by atoms with E-state index < -0.39 is 12.1 Å². The first kappa shape index (κ1) is 23.2. The summed E-state index contributed by atoms with van der Waals surface area (Å²) in [5, 5.41) is 19.1. The third-order valence-electron chi connectivity index (χ3n) is 5.12. The zero-order valence-electron chi connectivity index (χ0n) is 16.8. The number of aliphatic hydroxyl groups is 1. The number of amides is 1. The Hall–Kier alpha value is -1.80. The van der Waals surface area contributed by atoms with Crippen molar-refractivity contribution in [2.45, 2.75) is 90.2 Å². The highest BCUT2D eigenvalue weighted by Gasteiger charge is 2.28. The van der Waals surface area contributed by atoms with Crippen molar-refractivity contribution in [3.8, 4) is 11.8 Å². The molecule has 0 aromatic rings. The Morgan fingerprint density at radius 2 is 2.00 bits per heavy atom. The molecule has 1 heterocycles. The predicted molar refractivity (Wildman–Crippen MR) is 107 cm³/mol. The molecule has 1 rings (SSSR count). The summed E-state index contributed by atoms with van der Waals surface area (Å²) in [6, 6.07) is 0.0606. The van der Waals surface area contributed by atoms with Gasteiger partial charge >= 0.3 is 5.97 Å². The minimum Gasteiger partial charge on any atom is -0.481 e. The molecule has 0 radical (unpaired) electrons. The van der Waals surface area contributed by atoms with E-state index in [0.29, 0.717) is 25.8 Å². The number of unbranched alkanes of at least 4 members (excludes halogenated alkanes) is 3. The first-order chi connectivity index (χ1) is 13.0. The van der Waals surface area contributed by atoms with Crippen LogP contribution in [0, 0.1) is 17.8 Å². The summed E-state index contributed by atoms with van der Waals surface area (Å²) < 4.78 is 0. The van der Waals surface area contributed by atoms with E-state index in [0.717, 1.165) is 38.5 Å². The molecule has 1 amide bonds. The van der Waals surface area contributed by atoms with Crippen LogP contribution in [0.1, 0.15) is 78.1 Å².